The molecule has 0 bridgehead atoms. The van der Waals surface area contributed by atoms with E-state index >= 15 is 0 Å². The fourth-order valence-corrected chi connectivity index (χ4v) is 1.66. The van der Waals surface area contributed by atoms with E-state index in [1.54, 1.807) is 0 Å². The van der Waals surface area contributed by atoms with E-state index in [1.807, 2.05) is 0 Å². The Bertz CT molecular complexity index is 189. The van der Waals surface area contributed by atoms with Gasteiger partial charge in [-0.05, 0) is 6.92 Å². The summed E-state index contributed by atoms with van der Waals surface area (Å²) in [5, 5.41) is 48.9. The zero-order valence-corrected chi connectivity index (χ0v) is 7.91. The molecule has 84 valence electrons. The molecule has 1 aliphatic rings. The smallest absolute Gasteiger partial charge is 0.0994 e. The molecule has 6 atom stereocenters. The third kappa shape index (κ3) is 2.05. The molecule has 6 N–H and O–H groups in total. The van der Waals surface area contributed by atoms with Crippen molar-refractivity contribution in [2.75, 3.05) is 6.61 Å². The molecule has 6 nitrogen and oxygen atoms in total. The van der Waals surface area contributed by atoms with E-state index in [9.17, 15) is 15.3 Å². The molecule has 0 spiro atoms. The molecule has 0 aliphatic carbocycles. The Labute approximate surface area is 81.8 Å². The molecule has 1 unspecified atom stereocenters. The molecule has 1 saturated heterocycles. The lowest BCUT2D eigenvalue weighted by molar-refractivity contribution is -0.0384. The van der Waals surface area contributed by atoms with Gasteiger partial charge in [-0.15, -0.1) is 0 Å². The van der Waals surface area contributed by atoms with E-state index in [-0.39, 0.29) is 6.61 Å². The SMILES string of the molecule is CC(O)[C@@H](O)[C@H]1N[C@H](CO)[C@@H](O)[C@@H]1O. The second-order valence-electron chi connectivity index (χ2n) is 3.69. The fraction of sp³-hybridized carbons (Fsp3) is 1.00. The molecule has 0 aromatic carbocycles. The predicted molar refractivity (Wildman–Crippen MR) is 47.5 cm³/mol. The maximum atomic E-state index is 9.48. The first-order chi connectivity index (χ1) is 6.49. The van der Waals surface area contributed by atoms with E-state index < -0.39 is 36.5 Å². The van der Waals surface area contributed by atoms with Gasteiger partial charge in [0.05, 0.1) is 43.1 Å². The molecule has 0 aromatic heterocycles. The Kier molecular flexibility index (Phi) is 3.82. The Balaban J connectivity index is 2.64. The number of aliphatic hydroxyl groups excluding tert-OH is 5. The monoisotopic (exact) mass is 207 g/mol. The van der Waals surface area contributed by atoms with Crippen molar-refractivity contribution in [3.63, 3.8) is 0 Å². The highest BCUT2D eigenvalue weighted by Gasteiger charge is 2.44. The second-order valence-corrected chi connectivity index (χ2v) is 3.69. The van der Waals surface area contributed by atoms with Gasteiger partial charge in [0.2, 0.25) is 0 Å². The molecule has 1 fully saturated rings. The Morgan fingerprint density at radius 3 is 2.14 bits per heavy atom. The largest absolute Gasteiger partial charge is 0.395 e. The van der Waals surface area contributed by atoms with Crippen molar-refractivity contribution in [2.45, 2.75) is 43.4 Å². The van der Waals surface area contributed by atoms with Crippen molar-refractivity contribution in [1.29, 1.82) is 0 Å². The molecule has 14 heavy (non-hydrogen) atoms. The van der Waals surface area contributed by atoms with Crippen LogP contribution in [0.3, 0.4) is 0 Å². The van der Waals surface area contributed by atoms with Crippen molar-refractivity contribution in [3.8, 4) is 0 Å². The van der Waals surface area contributed by atoms with Crippen LogP contribution >= 0.6 is 0 Å². The quantitative estimate of drug-likeness (QED) is 0.290. The van der Waals surface area contributed by atoms with Gasteiger partial charge < -0.3 is 30.8 Å². The lowest BCUT2D eigenvalue weighted by Crippen LogP contribution is -2.48. The number of aliphatic hydroxyl groups is 5. The Morgan fingerprint density at radius 1 is 1.21 bits per heavy atom. The normalized spacial score (nSPS) is 42.4. The number of hydrogen-bond donors (Lipinski definition) is 6. The van der Waals surface area contributed by atoms with Crippen molar-refractivity contribution in [1.82, 2.24) is 5.32 Å². The molecule has 0 aromatic rings. The van der Waals surface area contributed by atoms with Crippen LogP contribution in [0.25, 0.3) is 0 Å². The molecule has 1 heterocycles. The predicted octanol–water partition coefficient (Wildman–Crippen LogP) is -3.22. The van der Waals surface area contributed by atoms with Crippen LogP contribution in [0.1, 0.15) is 6.92 Å². The maximum absolute atomic E-state index is 9.48. The van der Waals surface area contributed by atoms with E-state index in [4.69, 9.17) is 10.2 Å². The molecule has 0 amide bonds. The van der Waals surface area contributed by atoms with E-state index in [0.29, 0.717) is 0 Å². The summed E-state index contributed by atoms with van der Waals surface area (Å²) in [6.45, 7) is 1.05. The molecule has 6 heteroatoms. The first-order valence-electron chi connectivity index (χ1n) is 4.58. The van der Waals surface area contributed by atoms with Gasteiger partial charge in [0, 0.05) is 0 Å². The van der Waals surface area contributed by atoms with Crippen molar-refractivity contribution in [3.05, 3.63) is 0 Å². The van der Waals surface area contributed by atoms with Crippen LogP contribution < -0.4 is 5.32 Å². The lowest BCUT2D eigenvalue weighted by Gasteiger charge is -2.24. The third-order valence-corrected chi connectivity index (χ3v) is 2.60. The summed E-state index contributed by atoms with van der Waals surface area (Å²) >= 11 is 0. The summed E-state index contributed by atoms with van der Waals surface area (Å²) in [5.41, 5.74) is 0. The highest BCUT2D eigenvalue weighted by molar-refractivity contribution is 5.01. The second kappa shape index (κ2) is 4.52. The number of rotatable bonds is 3. The number of hydrogen-bond acceptors (Lipinski definition) is 6. The minimum Gasteiger partial charge on any atom is -0.395 e. The van der Waals surface area contributed by atoms with Crippen LogP contribution in [0.5, 0.6) is 0 Å². The molecular weight excluding hydrogens is 190 g/mol. The molecule has 1 aliphatic heterocycles. The zero-order valence-electron chi connectivity index (χ0n) is 7.91. The van der Waals surface area contributed by atoms with Gasteiger partial charge >= 0.3 is 0 Å². The van der Waals surface area contributed by atoms with Gasteiger partial charge in [-0.1, -0.05) is 0 Å². The highest BCUT2D eigenvalue weighted by Crippen LogP contribution is 2.18. The van der Waals surface area contributed by atoms with Crippen molar-refractivity contribution in [2.24, 2.45) is 0 Å². The van der Waals surface area contributed by atoms with E-state index in [2.05, 4.69) is 5.32 Å². The summed E-state index contributed by atoms with van der Waals surface area (Å²) < 4.78 is 0. The highest BCUT2D eigenvalue weighted by atomic mass is 16.4. The minimum absolute atomic E-state index is 0.332. The van der Waals surface area contributed by atoms with Crippen LogP contribution in [-0.2, 0) is 0 Å². The average Bonchev–Trinajstić information content (AvgIpc) is 2.43. The third-order valence-electron chi connectivity index (χ3n) is 2.60. The van der Waals surface area contributed by atoms with Gasteiger partial charge in [-0.25, -0.2) is 0 Å². The van der Waals surface area contributed by atoms with E-state index in [0.717, 1.165) is 0 Å². The van der Waals surface area contributed by atoms with Crippen LogP contribution in [0.15, 0.2) is 0 Å². The Morgan fingerprint density at radius 2 is 1.79 bits per heavy atom. The van der Waals surface area contributed by atoms with Crippen molar-refractivity contribution < 1.29 is 25.5 Å². The lowest BCUT2D eigenvalue weighted by atomic mass is 10.0. The summed E-state index contributed by atoms with van der Waals surface area (Å²) in [4.78, 5) is 0. The van der Waals surface area contributed by atoms with Gasteiger partial charge in [-0.3, -0.25) is 0 Å². The molecule has 0 saturated carbocycles. The fourth-order valence-electron chi connectivity index (χ4n) is 1.66. The first kappa shape index (κ1) is 11.8. The standard InChI is InChI=1S/C8H17NO5/c1-3(11)6(12)5-8(14)7(13)4(2-10)9-5/h3-14H,2H2,1H3/t3?,4-,5-,6-,7-,8-/m1/s1. The first-order valence-corrected chi connectivity index (χ1v) is 4.58. The molecule has 1 rings (SSSR count). The van der Waals surface area contributed by atoms with Gasteiger partial charge in [0.15, 0.2) is 0 Å². The number of nitrogens with one attached hydrogen (secondary N) is 1. The summed E-state index contributed by atoms with van der Waals surface area (Å²) in [5.74, 6) is 0. The summed E-state index contributed by atoms with van der Waals surface area (Å²) in [7, 11) is 0. The van der Waals surface area contributed by atoms with Crippen LogP contribution in [0.4, 0.5) is 0 Å². The van der Waals surface area contributed by atoms with Crippen LogP contribution in [-0.4, -0.2) is 68.6 Å². The molecular formula is C8H17NO5. The van der Waals surface area contributed by atoms with E-state index in [1.165, 1.54) is 6.92 Å². The van der Waals surface area contributed by atoms with Gasteiger partial charge in [-0.2, -0.15) is 0 Å². The van der Waals surface area contributed by atoms with Crippen LogP contribution in [0, 0.1) is 0 Å². The van der Waals surface area contributed by atoms with Crippen molar-refractivity contribution >= 4 is 0 Å². The van der Waals surface area contributed by atoms with Gasteiger partial charge in [0.25, 0.3) is 0 Å². The zero-order chi connectivity index (χ0) is 10.9. The Hall–Kier alpha value is -0.240. The van der Waals surface area contributed by atoms with Gasteiger partial charge in [0.1, 0.15) is 0 Å². The summed E-state index contributed by atoms with van der Waals surface area (Å²) in [6.07, 6.45) is -4.49. The minimum atomic E-state index is -1.18. The van der Waals surface area contributed by atoms with Crippen LogP contribution in [0.2, 0.25) is 0 Å². The topological polar surface area (TPSA) is 113 Å². The maximum Gasteiger partial charge on any atom is 0.0994 e. The average molecular weight is 207 g/mol. The molecule has 0 radical (unpaired) electrons. The summed E-state index contributed by atoms with van der Waals surface area (Å²) in [6, 6.07) is -1.48.